The molecular formula is C14H13N3O4S. The van der Waals surface area contributed by atoms with Crippen LogP contribution in [0.15, 0.2) is 26.5 Å². The largest absolute Gasteiger partial charge is 0.449 e. The third-order valence-electron chi connectivity index (χ3n) is 3.04. The molecule has 1 atom stereocenters. The lowest BCUT2D eigenvalue weighted by molar-refractivity contribution is 0.0277. The number of hydrogen-bond acceptors (Lipinski definition) is 8. The van der Waals surface area contributed by atoms with Gasteiger partial charge in [-0.15, -0.1) is 21.5 Å². The fourth-order valence-corrected chi connectivity index (χ4v) is 2.59. The van der Waals surface area contributed by atoms with Crippen molar-refractivity contribution in [2.75, 3.05) is 0 Å². The minimum absolute atomic E-state index is 0.239. The molecule has 3 aromatic heterocycles. The van der Waals surface area contributed by atoms with Crippen LogP contribution in [-0.2, 0) is 4.74 Å². The van der Waals surface area contributed by atoms with Crippen LogP contribution < -0.4 is 0 Å². The second-order valence-corrected chi connectivity index (χ2v) is 5.62. The zero-order chi connectivity index (χ0) is 15.7. The van der Waals surface area contributed by atoms with E-state index in [0.717, 1.165) is 4.88 Å². The van der Waals surface area contributed by atoms with Gasteiger partial charge < -0.3 is 13.7 Å². The summed E-state index contributed by atoms with van der Waals surface area (Å²) in [5.41, 5.74) is 0.810. The van der Waals surface area contributed by atoms with Gasteiger partial charge in [0, 0.05) is 0 Å². The normalized spacial score (nSPS) is 12.3. The number of rotatable bonds is 4. The molecule has 0 saturated carbocycles. The van der Waals surface area contributed by atoms with Crippen molar-refractivity contribution in [3.8, 4) is 10.8 Å². The van der Waals surface area contributed by atoms with Crippen molar-refractivity contribution in [3.63, 3.8) is 0 Å². The summed E-state index contributed by atoms with van der Waals surface area (Å²) in [6.45, 7) is 5.00. The van der Waals surface area contributed by atoms with E-state index in [1.54, 1.807) is 20.8 Å². The number of esters is 1. The van der Waals surface area contributed by atoms with Gasteiger partial charge in [-0.1, -0.05) is 11.2 Å². The van der Waals surface area contributed by atoms with Crippen molar-refractivity contribution < 1.29 is 18.5 Å². The molecule has 0 amide bonds. The zero-order valence-corrected chi connectivity index (χ0v) is 13.0. The van der Waals surface area contributed by atoms with Crippen molar-refractivity contribution in [2.24, 2.45) is 0 Å². The Morgan fingerprint density at radius 2 is 2.18 bits per heavy atom. The van der Waals surface area contributed by atoms with Gasteiger partial charge in [0.1, 0.15) is 11.3 Å². The van der Waals surface area contributed by atoms with Crippen LogP contribution >= 0.6 is 11.3 Å². The minimum Gasteiger partial charge on any atom is -0.449 e. The fourth-order valence-electron chi connectivity index (χ4n) is 1.94. The molecule has 22 heavy (non-hydrogen) atoms. The highest BCUT2D eigenvalue weighted by molar-refractivity contribution is 7.13. The lowest BCUT2D eigenvalue weighted by Crippen LogP contribution is -2.11. The first-order chi connectivity index (χ1) is 10.6. The first-order valence-electron chi connectivity index (χ1n) is 6.57. The van der Waals surface area contributed by atoms with E-state index in [9.17, 15) is 4.79 Å². The average molecular weight is 319 g/mol. The van der Waals surface area contributed by atoms with Gasteiger partial charge in [-0.05, 0) is 32.2 Å². The van der Waals surface area contributed by atoms with E-state index in [1.807, 2.05) is 17.5 Å². The molecule has 0 saturated heterocycles. The highest BCUT2D eigenvalue weighted by Gasteiger charge is 2.24. The summed E-state index contributed by atoms with van der Waals surface area (Å²) in [7, 11) is 0. The SMILES string of the molecule is Cc1noc(C)c1C(=O)O[C@H](C)c1nnc(-c2cccs2)o1. The summed E-state index contributed by atoms with van der Waals surface area (Å²) < 4.78 is 15.8. The molecule has 114 valence electrons. The molecule has 0 unspecified atom stereocenters. The Balaban J connectivity index is 1.75. The second kappa shape index (κ2) is 5.72. The van der Waals surface area contributed by atoms with Crippen LogP contribution in [0.5, 0.6) is 0 Å². The number of carbonyl (C=O) groups is 1. The van der Waals surface area contributed by atoms with Gasteiger partial charge in [-0.2, -0.15) is 0 Å². The molecule has 0 aliphatic carbocycles. The molecule has 0 radical (unpaired) electrons. The van der Waals surface area contributed by atoms with Gasteiger partial charge in [-0.3, -0.25) is 0 Å². The minimum atomic E-state index is -0.664. The second-order valence-electron chi connectivity index (χ2n) is 4.67. The van der Waals surface area contributed by atoms with Crippen molar-refractivity contribution in [1.29, 1.82) is 0 Å². The Hall–Kier alpha value is -2.48. The number of carbonyl (C=O) groups excluding carboxylic acids is 1. The van der Waals surface area contributed by atoms with Crippen LogP contribution in [0, 0.1) is 13.8 Å². The van der Waals surface area contributed by atoms with Crippen molar-refractivity contribution in [2.45, 2.75) is 26.9 Å². The van der Waals surface area contributed by atoms with E-state index in [2.05, 4.69) is 15.4 Å². The molecule has 0 aliphatic rings. The monoisotopic (exact) mass is 319 g/mol. The van der Waals surface area contributed by atoms with E-state index in [-0.39, 0.29) is 5.89 Å². The van der Waals surface area contributed by atoms with Gasteiger partial charge in [-0.25, -0.2) is 4.79 Å². The molecule has 7 nitrogen and oxygen atoms in total. The Morgan fingerprint density at radius 1 is 1.36 bits per heavy atom. The zero-order valence-electron chi connectivity index (χ0n) is 12.2. The van der Waals surface area contributed by atoms with Crippen LogP contribution in [-0.4, -0.2) is 21.3 Å². The van der Waals surface area contributed by atoms with Gasteiger partial charge in [0.2, 0.25) is 0 Å². The number of ether oxygens (including phenoxy) is 1. The first kappa shape index (κ1) is 14.5. The lowest BCUT2D eigenvalue weighted by Gasteiger charge is -2.08. The van der Waals surface area contributed by atoms with Crippen LogP contribution in [0.25, 0.3) is 10.8 Å². The number of hydrogen-bond donors (Lipinski definition) is 0. The number of thiophene rings is 1. The molecule has 3 rings (SSSR count). The highest BCUT2D eigenvalue weighted by atomic mass is 32.1. The molecular weight excluding hydrogens is 306 g/mol. The summed E-state index contributed by atoms with van der Waals surface area (Å²) in [6, 6.07) is 3.77. The predicted octanol–water partition coefficient (Wildman–Crippen LogP) is 3.32. The van der Waals surface area contributed by atoms with Crippen LogP contribution in [0.2, 0.25) is 0 Å². The molecule has 3 aromatic rings. The molecule has 0 bridgehead atoms. The van der Waals surface area contributed by atoms with E-state index >= 15 is 0 Å². The van der Waals surface area contributed by atoms with Crippen molar-refractivity contribution in [1.82, 2.24) is 15.4 Å². The number of nitrogens with zero attached hydrogens (tertiary/aromatic N) is 3. The molecule has 8 heteroatoms. The molecule has 3 heterocycles. The topological polar surface area (TPSA) is 91.2 Å². The molecule has 0 spiro atoms. The quantitative estimate of drug-likeness (QED) is 0.681. The Labute approximate surface area is 129 Å². The predicted molar refractivity (Wildman–Crippen MR) is 77.4 cm³/mol. The van der Waals surface area contributed by atoms with Gasteiger partial charge in [0.25, 0.3) is 11.8 Å². The number of aromatic nitrogens is 3. The summed E-state index contributed by atoms with van der Waals surface area (Å²) in [5.74, 6) is 0.535. The van der Waals surface area contributed by atoms with E-state index in [4.69, 9.17) is 13.7 Å². The first-order valence-corrected chi connectivity index (χ1v) is 7.45. The summed E-state index contributed by atoms with van der Waals surface area (Å²) in [5, 5.41) is 13.5. The van der Waals surface area contributed by atoms with E-state index in [0.29, 0.717) is 22.9 Å². The Morgan fingerprint density at radius 3 is 2.82 bits per heavy atom. The Kier molecular flexibility index (Phi) is 3.76. The Bertz CT molecular complexity index is 771. The standard InChI is InChI=1S/C14H13N3O4S/c1-7-11(8(2)21-17-7)14(18)19-9(3)12-15-16-13(20-12)10-5-4-6-22-10/h4-6,9H,1-3H3/t9-/m1/s1. The third-order valence-corrected chi connectivity index (χ3v) is 3.90. The number of aryl methyl sites for hydroxylation is 2. The van der Waals surface area contributed by atoms with Crippen LogP contribution in [0.3, 0.4) is 0 Å². The highest BCUT2D eigenvalue weighted by Crippen LogP contribution is 2.26. The lowest BCUT2D eigenvalue weighted by atomic mass is 10.2. The fraction of sp³-hybridized carbons (Fsp3) is 0.286. The van der Waals surface area contributed by atoms with E-state index < -0.39 is 12.1 Å². The summed E-state index contributed by atoms with van der Waals surface area (Å²) in [4.78, 5) is 13.0. The van der Waals surface area contributed by atoms with Gasteiger partial charge >= 0.3 is 5.97 Å². The molecule has 0 N–H and O–H groups in total. The molecule has 0 aliphatic heterocycles. The van der Waals surface area contributed by atoms with Crippen LogP contribution in [0.1, 0.15) is 40.7 Å². The van der Waals surface area contributed by atoms with Crippen LogP contribution in [0.4, 0.5) is 0 Å². The van der Waals surface area contributed by atoms with E-state index in [1.165, 1.54) is 11.3 Å². The molecule has 0 aromatic carbocycles. The van der Waals surface area contributed by atoms with Gasteiger partial charge in [0.15, 0.2) is 6.10 Å². The maximum absolute atomic E-state index is 12.2. The molecule has 0 fully saturated rings. The summed E-state index contributed by atoms with van der Waals surface area (Å²) in [6.07, 6.45) is -0.664. The summed E-state index contributed by atoms with van der Waals surface area (Å²) >= 11 is 1.49. The smallest absolute Gasteiger partial charge is 0.344 e. The maximum Gasteiger partial charge on any atom is 0.344 e. The van der Waals surface area contributed by atoms with Crippen molar-refractivity contribution in [3.05, 3.63) is 40.4 Å². The third kappa shape index (κ3) is 2.64. The maximum atomic E-state index is 12.2. The van der Waals surface area contributed by atoms with Gasteiger partial charge in [0.05, 0.1) is 10.6 Å². The van der Waals surface area contributed by atoms with Crippen molar-refractivity contribution >= 4 is 17.3 Å². The average Bonchev–Trinajstić information content (AvgIpc) is 3.18.